The van der Waals surface area contributed by atoms with Crippen LogP contribution in [0.25, 0.3) is 0 Å². The zero-order valence-electron chi connectivity index (χ0n) is 11.2. The van der Waals surface area contributed by atoms with Crippen LogP contribution in [0.1, 0.15) is 43.7 Å². The van der Waals surface area contributed by atoms with Gasteiger partial charge in [0, 0.05) is 18.7 Å². The van der Waals surface area contributed by atoms with E-state index in [9.17, 15) is 0 Å². The maximum atomic E-state index is 6.08. The molecule has 0 amide bonds. The van der Waals surface area contributed by atoms with Crippen LogP contribution < -0.4 is 10.1 Å². The van der Waals surface area contributed by atoms with Crippen molar-refractivity contribution < 1.29 is 4.74 Å². The maximum absolute atomic E-state index is 6.08. The topological polar surface area (TPSA) is 21.3 Å². The third kappa shape index (κ3) is 2.54. The first-order valence-electron chi connectivity index (χ1n) is 7.27. The monoisotopic (exact) mass is 245 g/mol. The SMILES string of the molecule is CC1CCC(COc2cccc3c2CNC3)CC1. The van der Waals surface area contributed by atoms with Crippen molar-refractivity contribution in [3.8, 4) is 5.75 Å². The fourth-order valence-corrected chi connectivity index (χ4v) is 3.14. The normalized spacial score (nSPS) is 26.9. The highest BCUT2D eigenvalue weighted by atomic mass is 16.5. The first-order chi connectivity index (χ1) is 8.83. The molecule has 1 N–H and O–H groups in total. The average molecular weight is 245 g/mol. The van der Waals surface area contributed by atoms with Gasteiger partial charge >= 0.3 is 0 Å². The van der Waals surface area contributed by atoms with E-state index in [0.29, 0.717) is 0 Å². The molecule has 1 aliphatic heterocycles. The minimum absolute atomic E-state index is 0.770. The van der Waals surface area contributed by atoms with Gasteiger partial charge in [0.15, 0.2) is 0 Å². The molecule has 1 aliphatic carbocycles. The summed E-state index contributed by atoms with van der Waals surface area (Å²) in [5.74, 6) is 2.80. The second kappa shape index (κ2) is 5.31. The van der Waals surface area contributed by atoms with Gasteiger partial charge in [0.05, 0.1) is 6.61 Å². The fraction of sp³-hybridized carbons (Fsp3) is 0.625. The number of benzene rings is 1. The van der Waals surface area contributed by atoms with E-state index < -0.39 is 0 Å². The molecule has 2 aliphatic rings. The van der Waals surface area contributed by atoms with Crippen molar-refractivity contribution in [2.24, 2.45) is 11.8 Å². The predicted molar refractivity (Wildman–Crippen MR) is 73.6 cm³/mol. The van der Waals surface area contributed by atoms with E-state index in [0.717, 1.165) is 37.3 Å². The Hall–Kier alpha value is -1.02. The van der Waals surface area contributed by atoms with Crippen molar-refractivity contribution >= 4 is 0 Å². The molecular formula is C16H23NO. The molecule has 1 aromatic rings. The van der Waals surface area contributed by atoms with Crippen LogP contribution in [0.2, 0.25) is 0 Å². The minimum Gasteiger partial charge on any atom is -0.493 e. The summed E-state index contributed by atoms with van der Waals surface area (Å²) >= 11 is 0. The fourth-order valence-electron chi connectivity index (χ4n) is 3.14. The number of fused-ring (bicyclic) bond motifs is 1. The van der Waals surface area contributed by atoms with Gasteiger partial charge in [0.1, 0.15) is 5.75 Å². The van der Waals surface area contributed by atoms with E-state index in [-0.39, 0.29) is 0 Å². The number of hydrogen-bond acceptors (Lipinski definition) is 2. The summed E-state index contributed by atoms with van der Waals surface area (Å²) in [7, 11) is 0. The highest BCUT2D eigenvalue weighted by Crippen LogP contribution is 2.31. The van der Waals surface area contributed by atoms with E-state index in [1.165, 1.54) is 36.8 Å². The van der Waals surface area contributed by atoms with Crippen molar-refractivity contribution in [1.29, 1.82) is 0 Å². The molecule has 1 saturated carbocycles. The molecule has 0 bridgehead atoms. The van der Waals surface area contributed by atoms with Gasteiger partial charge in [0.25, 0.3) is 0 Å². The number of nitrogens with one attached hydrogen (secondary N) is 1. The molecule has 0 atom stereocenters. The first kappa shape index (κ1) is 12.0. The lowest BCUT2D eigenvalue weighted by Crippen LogP contribution is -2.19. The van der Waals surface area contributed by atoms with Gasteiger partial charge in [-0.3, -0.25) is 0 Å². The Morgan fingerprint density at radius 2 is 2.00 bits per heavy atom. The van der Waals surface area contributed by atoms with Crippen LogP contribution in [0.4, 0.5) is 0 Å². The van der Waals surface area contributed by atoms with Gasteiger partial charge in [-0.25, -0.2) is 0 Å². The van der Waals surface area contributed by atoms with Crippen LogP contribution in [-0.4, -0.2) is 6.61 Å². The standard InChI is InChI=1S/C16H23NO/c1-12-5-7-13(8-6-12)11-18-16-4-2-3-14-9-17-10-15(14)16/h2-4,12-13,17H,5-11H2,1H3. The number of rotatable bonds is 3. The van der Waals surface area contributed by atoms with E-state index in [2.05, 4.69) is 30.4 Å². The van der Waals surface area contributed by atoms with Gasteiger partial charge in [-0.2, -0.15) is 0 Å². The molecule has 3 rings (SSSR count). The van der Waals surface area contributed by atoms with E-state index in [4.69, 9.17) is 4.74 Å². The van der Waals surface area contributed by atoms with Crippen molar-refractivity contribution in [1.82, 2.24) is 5.32 Å². The van der Waals surface area contributed by atoms with E-state index >= 15 is 0 Å². The van der Waals surface area contributed by atoms with Crippen molar-refractivity contribution in [2.45, 2.75) is 45.7 Å². The second-order valence-corrected chi connectivity index (χ2v) is 5.93. The highest BCUT2D eigenvalue weighted by molar-refractivity contribution is 5.42. The van der Waals surface area contributed by atoms with Crippen LogP contribution in [0.15, 0.2) is 18.2 Å². The summed E-state index contributed by atoms with van der Waals surface area (Å²) < 4.78 is 6.08. The Bertz CT molecular complexity index is 408. The molecule has 18 heavy (non-hydrogen) atoms. The van der Waals surface area contributed by atoms with Crippen molar-refractivity contribution in [2.75, 3.05) is 6.61 Å². The zero-order valence-corrected chi connectivity index (χ0v) is 11.2. The maximum Gasteiger partial charge on any atom is 0.124 e. The minimum atomic E-state index is 0.770. The smallest absolute Gasteiger partial charge is 0.124 e. The van der Waals surface area contributed by atoms with Crippen LogP contribution in [0.3, 0.4) is 0 Å². The summed E-state index contributed by atoms with van der Waals surface area (Å²) in [5, 5.41) is 3.39. The molecule has 1 aromatic carbocycles. The molecule has 0 aromatic heterocycles. The number of hydrogen-bond donors (Lipinski definition) is 1. The molecule has 1 heterocycles. The van der Waals surface area contributed by atoms with Crippen molar-refractivity contribution in [3.63, 3.8) is 0 Å². The van der Waals surface area contributed by atoms with Crippen LogP contribution in [0.5, 0.6) is 5.75 Å². The lowest BCUT2D eigenvalue weighted by molar-refractivity contribution is 0.187. The molecule has 0 spiro atoms. The average Bonchev–Trinajstić information content (AvgIpc) is 2.87. The van der Waals surface area contributed by atoms with E-state index in [1.54, 1.807) is 0 Å². The van der Waals surface area contributed by atoms with Crippen LogP contribution >= 0.6 is 0 Å². The summed E-state index contributed by atoms with van der Waals surface area (Å²) in [6.07, 6.45) is 5.44. The zero-order chi connectivity index (χ0) is 12.4. The van der Waals surface area contributed by atoms with Gasteiger partial charge in [-0.15, -0.1) is 0 Å². The second-order valence-electron chi connectivity index (χ2n) is 5.93. The van der Waals surface area contributed by atoms with Crippen LogP contribution in [0, 0.1) is 11.8 Å². The first-order valence-corrected chi connectivity index (χ1v) is 7.27. The van der Waals surface area contributed by atoms with Crippen LogP contribution in [-0.2, 0) is 13.1 Å². The molecule has 0 unspecified atom stereocenters. The quantitative estimate of drug-likeness (QED) is 0.880. The van der Waals surface area contributed by atoms with Gasteiger partial charge in [-0.05, 0) is 36.3 Å². The molecule has 98 valence electrons. The molecule has 2 nitrogen and oxygen atoms in total. The predicted octanol–water partition coefficient (Wildman–Crippen LogP) is 3.49. The Balaban J connectivity index is 1.59. The Kier molecular flexibility index (Phi) is 3.55. The Morgan fingerprint density at radius 1 is 1.17 bits per heavy atom. The Morgan fingerprint density at radius 3 is 2.83 bits per heavy atom. The molecule has 2 heteroatoms. The largest absolute Gasteiger partial charge is 0.493 e. The third-order valence-corrected chi connectivity index (χ3v) is 4.46. The highest BCUT2D eigenvalue weighted by Gasteiger charge is 2.20. The van der Waals surface area contributed by atoms with Gasteiger partial charge in [-0.1, -0.05) is 31.9 Å². The molecule has 0 saturated heterocycles. The lowest BCUT2D eigenvalue weighted by Gasteiger charge is -2.26. The summed E-state index contributed by atoms with van der Waals surface area (Å²) in [4.78, 5) is 0. The molecule has 0 radical (unpaired) electrons. The van der Waals surface area contributed by atoms with Gasteiger partial charge < -0.3 is 10.1 Å². The Labute approximate surface area is 110 Å². The summed E-state index contributed by atoms with van der Waals surface area (Å²) in [6.45, 7) is 5.23. The van der Waals surface area contributed by atoms with Crippen molar-refractivity contribution in [3.05, 3.63) is 29.3 Å². The molecular weight excluding hydrogens is 222 g/mol. The summed E-state index contributed by atoms with van der Waals surface area (Å²) in [5.41, 5.74) is 2.78. The number of ether oxygens (including phenoxy) is 1. The lowest BCUT2D eigenvalue weighted by atomic mass is 9.83. The molecule has 1 fully saturated rings. The van der Waals surface area contributed by atoms with E-state index in [1.807, 2.05) is 0 Å². The van der Waals surface area contributed by atoms with Gasteiger partial charge in [0.2, 0.25) is 0 Å². The summed E-state index contributed by atoms with van der Waals surface area (Å²) in [6, 6.07) is 6.44. The third-order valence-electron chi connectivity index (χ3n) is 4.46.